The molecule has 0 saturated carbocycles. The molecule has 0 saturated heterocycles. The number of fused-ring (bicyclic) bond motifs is 1. The van der Waals surface area contributed by atoms with Gasteiger partial charge in [-0.1, -0.05) is 51.0 Å². The smallest absolute Gasteiger partial charge is 0.406 e. The first kappa shape index (κ1) is 18.5. The third-order valence-electron chi connectivity index (χ3n) is 4.99. The van der Waals surface area contributed by atoms with Crippen LogP contribution in [0.3, 0.4) is 0 Å². The number of halogens is 3. The van der Waals surface area contributed by atoms with E-state index in [0.29, 0.717) is 0 Å². The summed E-state index contributed by atoms with van der Waals surface area (Å²) in [5, 5.41) is 0. The molecule has 0 N–H and O–H groups in total. The van der Waals surface area contributed by atoms with Gasteiger partial charge in [0.05, 0.1) is 5.41 Å². The quantitative estimate of drug-likeness (QED) is 0.604. The van der Waals surface area contributed by atoms with Crippen LogP contribution in [0.1, 0.15) is 55.5 Å². The van der Waals surface area contributed by atoms with Gasteiger partial charge >= 0.3 is 6.36 Å². The first-order chi connectivity index (χ1) is 12.3. The van der Waals surface area contributed by atoms with Crippen LogP contribution < -0.4 is 4.74 Å². The van der Waals surface area contributed by atoms with E-state index >= 15 is 0 Å². The summed E-state index contributed by atoms with van der Waals surface area (Å²) in [4.78, 5) is 12.7. The Morgan fingerprint density at radius 3 is 2.04 bits per heavy atom. The molecule has 0 aliphatic heterocycles. The van der Waals surface area contributed by atoms with Crippen LogP contribution in [0.4, 0.5) is 13.2 Å². The lowest BCUT2D eigenvalue weighted by Crippen LogP contribution is -2.46. The molecule has 26 heavy (non-hydrogen) atoms. The van der Waals surface area contributed by atoms with Crippen molar-refractivity contribution in [3.63, 3.8) is 0 Å². The molecule has 0 aromatic heterocycles. The number of alkyl halides is 3. The predicted octanol–water partition coefficient (Wildman–Crippen LogP) is 6.29. The molecule has 0 bridgehead atoms. The normalized spacial score (nSPS) is 15.3. The zero-order chi connectivity index (χ0) is 18.9. The highest BCUT2D eigenvalue weighted by atomic mass is 19.4. The Morgan fingerprint density at radius 1 is 0.923 bits per heavy atom. The lowest BCUT2D eigenvalue weighted by molar-refractivity contribution is -0.274. The molecule has 0 radical (unpaired) electrons. The molecule has 138 valence electrons. The summed E-state index contributed by atoms with van der Waals surface area (Å²) >= 11 is 0. The fourth-order valence-electron chi connectivity index (χ4n) is 3.96. The number of carbonyl (C=O) groups excluding carboxylic acids is 1. The molecule has 2 aromatic carbocycles. The SMILES string of the molecule is CCCC1(CCC)C(=O)c2ccc(-c3ccc(OC(F)(F)F)cc3)cc21. The van der Waals surface area contributed by atoms with Crippen LogP contribution in [0.15, 0.2) is 42.5 Å². The predicted molar refractivity (Wildman–Crippen MR) is 94.4 cm³/mol. The minimum Gasteiger partial charge on any atom is -0.406 e. The van der Waals surface area contributed by atoms with Crippen molar-refractivity contribution in [2.45, 2.75) is 51.3 Å². The number of Topliss-reactive ketones (excluding diaryl/α,β-unsaturated/α-hetero) is 1. The second-order valence-corrected chi connectivity index (χ2v) is 6.74. The van der Waals surface area contributed by atoms with Gasteiger partial charge in [-0.25, -0.2) is 0 Å². The van der Waals surface area contributed by atoms with Gasteiger partial charge in [-0.05, 0) is 47.7 Å². The third kappa shape index (κ3) is 3.22. The highest BCUT2D eigenvalue weighted by molar-refractivity contribution is 6.14. The topological polar surface area (TPSA) is 26.3 Å². The first-order valence-corrected chi connectivity index (χ1v) is 8.86. The van der Waals surface area contributed by atoms with Gasteiger partial charge in [-0.2, -0.15) is 0 Å². The minimum absolute atomic E-state index is 0.219. The lowest BCUT2D eigenvalue weighted by atomic mass is 9.58. The number of benzene rings is 2. The van der Waals surface area contributed by atoms with Crippen LogP contribution in [0.5, 0.6) is 5.75 Å². The molecular weight excluding hydrogens is 341 g/mol. The van der Waals surface area contributed by atoms with Crippen LogP contribution in [0, 0.1) is 0 Å². The molecule has 0 amide bonds. The molecule has 3 rings (SSSR count). The Balaban J connectivity index is 1.92. The van der Waals surface area contributed by atoms with Crippen LogP contribution in [0.2, 0.25) is 0 Å². The fourth-order valence-corrected chi connectivity index (χ4v) is 3.96. The van der Waals surface area contributed by atoms with E-state index in [1.54, 1.807) is 12.1 Å². The van der Waals surface area contributed by atoms with E-state index in [4.69, 9.17) is 0 Å². The fraction of sp³-hybridized carbons (Fsp3) is 0.381. The molecule has 2 nitrogen and oxygen atoms in total. The van der Waals surface area contributed by atoms with Crippen molar-refractivity contribution in [3.8, 4) is 16.9 Å². The van der Waals surface area contributed by atoms with Gasteiger partial charge in [-0.15, -0.1) is 13.2 Å². The molecule has 1 aliphatic carbocycles. The van der Waals surface area contributed by atoms with E-state index in [9.17, 15) is 18.0 Å². The Kier molecular flexibility index (Phi) is 4.82. The second-order valence-electron chi connectivity index (χ2n) is 6.74. The summed E-state index contributed by atoms with van der Waals surface area (Å²) < 4.78 is 40.8. The Hall–Kier alpha value is -2.30. The Bertz CT molecular complexity index is 801. The molecule has 0 atom stereocenters. The monoisotopic (exact) mass is 362 g/mol. The highest BCUT2D eigenvalue weighted by Gasteiger charge is 2.49. The number of hydrogen-bond acceptors (Lipinski definition) is 2. The van der Waals surface area contributed by atoms with E-state index in [0.717, 1.165) is 47.9 Å². The van der Waals surface area contributed by atoms with Gasteiger partial charge in [0.2, 0.25) is 0 Å². The zero-order valence-electron chi connectivity index (χ0n) is 14.8. The molecule has 0 heterocycles. The average molecular weight is 362 g/mol. The molecule has 1 aliphatic rings. The van der Waals surface area contributed by atoms with Crippen LogP contribution in [0.25, 0.3) is 11.1 Å². The average Bonchev–Trinajstić information content (AvgIpc) is 2.60. The molecule has 0 fully saturated rings. The van der Waals surface area contributed by atoms with E-state index in [1.807, 2.05) is 18.2 Å². The lowest BCUT2D eigenvalue weighted by Gasteiger charge is -2.42. The van der Waals surface area contributed by atoms with Gasteiger partial charge in [0.25, 0.3) is 0 Å². The van der Waals surface area contributed by atoms with Crippen molar-refractivity contribution < 1.29 is 22.7 Å². The molecule has 2 aromatic rings. The van der Waals surface area contributed by atoms with E-state index in [2.05, 4.69) is 18.6 Å². The van der Waals surface area contributed by atoms with Gasteiger partial charge < -0.3 is 4.74 Å². The largest absolute Gasteiger partial charge is 0.573 e. The van der Waals surface area contributed by atoms with Crippen molar-refractivity contribution in [2.75, 3.05) is 0 Å². The van der Waals surface area contributed by atoms with E-state index in [-0.39, 0.29) is 11.5 Å². The van der Waals surface area contributed by atoms with Gasteiger partial charge in [-0.3, -0.25) is 4.79 Å². The summed E-state index contributed by atoms with van der Waals surface area (Å²) in [6.45, 7) is 4.15. The summed E-state index contributed by atoms with van der Waals surface area (Å²) in [5.74, 6) is -0.0247. The zero-order valence-corrected chi connectivity index (χ0v) is 14.8. The van der Waals surface area contributed by atoms with Crippen molar-refractivity contribution in [3.05, 3.63) is 53.6 Å². The highest BCUT2D eigenvalue weighted by Crippen LogP contribution is 2.48. The number of carbonyl (C=O) groups is 1. The summed E-state index contributed by atoms with van der Waals surface area (Å²) in [6.07, 6.45) is -1.18. The Morgan fingerprint density at radius 2 is 1.50 bits per heavy atom. The second kappa shape index (κ2) is 6.78. The maximum absolute atomic E-state index is 12.7. The van der Waals surface area contributed by atoms with Crippen LogP contribution >= 0.6 is 0 Å². The molecule has 0 unspecified atom stereocenters. The van der Waals surface area contributed by atoms with Crippen LogP contribution in [-0.2, 0) is 5.41 Å². The summed E-state index contributed by atoms with van der Waals surface area (Å²) in [7, 11) is 0. The van der Waals surface area contributed by atoms with Crippen molar-refractivity contribution >= 4 is 5.78 Å². The van der Waals surface area contributed by atoms with Gasteiger partial charge in [0.15, 0.2) is 5.78 Å². The van der Waals surface area contributed by atoms with Crippen molar-refractivity contribution in [2.24, 2.45) is 0 Å². The van der Waals surface area contributed by atoms with E-state index < -0.39 is 11.8 Å². The maximum atomic E-state index is 12.7. The number of ether oxygens (including phenoxy) is 1. The van der Waals surface area contributed by atoms with Gasteiger partial charge in [0.1, 0.15) is 5.75 Å². The number of hydrogen-bond donors (Lipinski definition) is 0. The standard InChI is InChI=1S/C21H21F3O2/c1-3-11-20(12-4-2)18-13-15(7-10-17(18)19(20)25)14-5-8-16(9-6-14)26-21(22,23)24/h5-10,13H,3-4,11-12H2,1-2H3. The first-order valence-electron chi connectivity index (χ1n) is 8.86. The number of ketones is 1. The summed E-state index contributed by atoms with van der Waals surface area (Å²) in [5.41, 5.74) is 3.13. The summed E-state index contributed by atoms with van der Waals surface area (Å²) in [6, 6.07) is 11.5. The third-order valence-corrected chi connectivity index (χ3v) is 4.99. The van der Waals surface area contributed by atoms with Crippen LogP contribution in [-0.4, -0.2) is 12.1 Å². The molecule has 0 spiro atoms. The minimum atomic E-state index is -4.70. The van der Waals surface area contributed by atoms with Crippen molar-refractivity contribution in [1.29, 1.82) is 0 Å². The van der Waals surface area contributed by atoms with Crippen molar-refractivity contribution in [1.82, 2.24) is 0 Å². The van der Waals surface area contributed by atoms with Gasteiger partial charge in [0, 0.05) is 5.56 Å². The number of rotatable bonds is 6. The molecular formula is C21H21F3O2. The van der Waals surface area contributed by atoms with E-state index in [1.165, 1.54) is 12.1 Å². The maximum Gasteiger partial charge on any atom is 0.573 e. The Labute approximate surface area is 151 Å². The molecule has 5 heteroatoms.